The Morgan fingerprint density at radius 2 is 1.83 bits per heavy atom. The first-order valence-corrected chi connectivity index (χ1v) is 8.68. The molecular weight excluding hydrogens is 350 g/mol. The van der Waals surface area contributed by atoms with Gasteiger partial charge in [0.15, 0.2) is 0 Å². The Morgan fingerprint density at radius 3 is 2.62 bits per heavy atom. The number of nitrogens with zero attached hydrogens (tertiary/aromatic N) is 1. The Kier molecular flexibility index (Phi) is 5.56. The molecule has 1 N–H and O–H groups in total. The van der Waals surface area contributed by atoms with E-state index in [2.05, 4.69) is 10.3 Å². The molecule has 3 aromatic rings. The minimum absolute atomic E-state index is 0.190. The van der Waals surface area contributed by atoms with Gasteiger partial charge in [-0.1, -0.05) is 35.9 Å². The maximum Gasteiger partial charge on any atom is 0.133 e. The summed E-state index contributed by atoms with van der Waals surface area (Å²) in [7, 11) is 0. The fourth-order valence-electron chi connectivity index (χ4n) is 2.36. The van der Waals surface area contributed by atoms with Crippen LogP contribution in [0.5, 0.6) is 0 Å². The van der Waals surface area contributed by atoms with E-state index in [0.29, 0.717) is 40.5 Å². The fraction of sp³-hybridized carbons (Fsp3) is 0.167. The van der Waals surface area contributed by atoms with E-state index in [4.69, 9.17) is 11.6 Å². The maximum atomic E-state index is 13.9. The number of hydrogen-bond acceptors (Lipinski definition) is 3. The predicted molar refractivity (Wildman–Crippen MR) is 94.3 cm³/mol. The maximum absolute atomic E-state index is 13.9. The van der Waals surface area contributed by atoms with E-state index < -0.39 is 0 Å². The summed E-state index contributed by atoms with van der Waals surface area (Å²) in [6, 6.07) is 11.4. The van der Waals surface area contributed by atoms with Gasteiger partial charge in [0, 0.05) is 18.3 Å². The van der Waals surface area contributed by atoms with Gasteiger partial charge in [0.05, 0.1) is 9.90 Å². The average molecular weight is 365 g/mol. The zero-order chi connectivity index (χ0) is 16.9. The molecule has 0 aliphatic carbocycles. The van der Waals surface area contributed by atoms with Gasteiger partial charge in [-0.15, -0.1) is 11.3 Å². The van der Waals surface area contributed by atoms with Gasteiger partial charge in [-0.05, 0) is 36.7 Å². The molecule has 0 radical (unpaired) electrons. The van der Waals surface area contributed by atoms with Crippen LogP contribution in [0, 0.1) is 11.6 Å². The Hall–Kier alpha value is -1.82. The summed E-state index contributed by atoms with van der Waals surface area (Å²) in [6.07, 6.45) is 2.23. The minimum Gasteiger partial charge on any atom is -0.310 e. The molecule has 0 bridgehead atoms. The average Bonchev–Trinajstić information content (AvgIpc) is 3.01. The van der Waals surface area contributed by atoms with Crippen molar-refractivity contribution in [1.82, 2.24) is 10.3 Å². The lowest BCUT2D eigenvalue weighted by Gasteiger charge is -2.04. The van der Waals surface area contributed by atoms with Crippen molar-refractivity contribution >= 4 is 22.9 Å². The smallest absolute Gasteiger partial charge is 0.133 e. The molecule has 2 aromatic carbocycles. The molecule has 0 aliphatic heterocycles. The highest BCUT2D eigenvalue weighted by Gasteiger charge is 2.12. The van der Waals surface area contributed by atoms with Gasteiger partial charge in [-0.25, -0.2) is 13.8 Å². The minimum atomic E-state index is -0.356. The van der Waals surface area contributed by atoms with Crippen molar-refractivity contribution in [2.45, 2.75) is 13.0 Å². The van der Waals surface area contributed by atoms with Crippen molar-refractivity contribution < 1.29 is 8.78 Å². The second-order valence-corrected chi connectivity index (χ2v) is 6.76. The van der Waals surface area contributed by atoms with Crippen LogP contribution in [0.1, 0.15) is 10.6 Å². The molecule has 3 rings (SSSR count). The molecule has 6 heteroatoms. The molecule has 0 fully saturated rings. The molecule has 0 atom stereocenters. The van der Waals surface area contributed by atoms with Crippen molar-refractivity contribution in [3.05, 3.63) is 75.9 Å². The number of hydrogen-bond donors (Lipinski definition) is 1. The highest BCUT2D eigenvalue weighted by Crippen LogP contribution is 2.34. The lowest BCUT2D eigenvalue weighted by atomic mass is 10.1. The van der Waals surface area contributed by atoms with E-state index in [0.717, 1.165) is 5.01 Å². The molecule has 24 heavy (non-hydrogen) atoms. The van der Waals surface area contributed by atoms with E-state index in [9.17, 15) is 8.78 Å². The molecule has 0 unspecified atom stereocenters. The standard InChI is InChI=1S/C18H15ClF2N2S/c19-13-5-3-7-15(21)18(13)16-10-23-17(24-16)11-22-9-8-12-4-1-2-6-14(12)20/h1-7,10,22H,8-9,11H2. The van der Waals surface area contributed by atoms with Crippen LogP contribution in [0.3, 0.4) is 0 Å². The predicted octanol–water partition coefficient (Wildman–Crippen LogP) is 5.07. The normalized spacial score (nSPS) is 11.0. The molecule has 1 aromatic heterocycles. The van der Waals surface area contributed by atoms with Crippen LogP contribution >= 0.6 is 22.9 Å². The van der Waals surface area contributed by atoms with Crippen LogP contribution in [0.4, 0.5) is 8.78 Å². The van der Waals surface area contributed by atoms with E-state index in [1.165, 1.54) is 23.5 Å². The summed E-state index contributed by atoms with van der Waals surface area (Å²) >= 11 is 7.46. The number of rotatable bonds is 6. The quantitative estimate of drug-likeness (QED) is 0.617. The number of benzene rings is 2. The number of nitrogens with one attached hydrogen (secondary N) is 1. The van der Waals surface area contributed by atoms with E-state index in [-0.39, 0.29) is 11.6 Å². The molecule has 0 aliphatic rings. The molecular formula is C18H15ClF2N2S. The van der Waals surface area contributed by atoms with Crippen LogP contribution in [-0.4, -0.2) is 11.5 Å². The molecule has 0 spiro atoms. The largest absolute Gasteiger partial charge is 0.310 e. The lowest BCUT2D eigenvalue weighted by molar-refractivity contribution is 0.597. The van der Waals surface area contributed by atoms with Crippen LogP contribution in [0.15, 0.2) is 48.7 Å². The van der Waals surface area contributed by atoms with Gasteiger partial charge in [-0.2, -0.15) is 0 Å². The Morgan fingerprint density at radius 1 is 1.04 bits per heavy atom. The summed E-state index contributed by atoms with van der Waals surface area (Å²) in [5.41, 5.74) is 1.07. The van der Waals surface area contributed by atoms with Crippen LogP contribution in [0.25, 0.3) is 10.4 Å². The summed E-state index contributed by atoms with van der Waals surface area (Å²) in [4.78, 5) is 4.99. The number of halogens is 3. The molecule has 124 valence electrons. The van der Waals surface area contributed by atoms with Crippen LogP contribution < -0.4 is 5.32 Å². The highest BCUT2D eigenvalue weighted by atomic mass is 35.5. The van der Waals surface area contributed by atoms with Crippen molar-refractivity contribution in [1.29, 1.82) is 0 Å². The van der Waals surface area contributed by atoms with Gasteiger partial charge >= 0.3 is 0 Å². The zero-order valence-electron chi connectivity index (χ0n) is 12.7. The first-order chi connectivity index (χ1) is 11.6. The number of aromatic nitrogens is 1. The van der Waals surface area contributed by atoms with Crippen molar-refractivity contribution in [3.63, 3.8) is 0 Å². The Bertz CT molecular complexity index is 815. The first kappa shape index (κ1) is 17.0. The van der Waals surface area contributed by atoms with Crippen molar-refractivity contribution in [3.8, 4) is 10.4 Å². The van der Waals surface area contributed by atoms with E-state index in [1.54, 1.807) is 30.5 Å². The second-order valence-electron chi connectivity index (χ2n) is 5.23. The van der Waals surface area contributed by atoms with Crippen LogP contribution in [-0.2, 0) is 13.0 Å². The van der Waals surface area contributed by atoms with E-state index >= 15 is 0 Å². The summed E-state index contributed by atoms with van der Waals surface area (Å²) < 4.78 is 27.4. The topological polar surface area (TPSA) is 24.9 Å². The fourth-order valence-corrected chi connectivity index (χ4v) is 3.63. The molecule has 2 nitrogen and oxygen atoms in total. The Labute approximate surface area is 148 Å². The molecule has 1 heterocycles. The highest BCUT2D eigenvalue weighted by molar-refractivity contribution is 7.15. The van der Waals surface area contributed by atoms with Gasteiger partial charge in [0.25, 0.3) is 0 Å². The molecule has 0 saturated carbocycles. The molecule has 0 amide bonds. The third-order valence-corrected chi connectivity index (χ3v) is 4.90. The SMILES string of the molecule is Fc1ccccc1CCNCc1ncc(-c2c(F)cccc2Cl)s1. The van der Waals surface area contributed by atoms with Crippen LogP contribution in [0.2, 0.25) is 5.02 Å². The Balaban J connectivity index is 1.58. The van der Waals surface area contributed by atoms with Gasteiger partial charge in [0.1, 0.15) is 16.6 Å². The second kappa shape index (κ2) is 7.83. The molecule has 0 saturated heterocycles. The zero-order valence-corrected chi connectivity index (χ0v) is 14.3. The summed E-state index contributed by atoms with van der Waals surface area (Å²) in [6.45, 7) is 1.18. The third-order valence-electron chi connectivity index (χ3n) is 3.57. The van der Waals surface area contributed by atoms with E-state index in [1.807, 2.05) is 6.07 Å². The van der Waals surface area contributed by atoms with Crippen molar-refractivity contribution in [2.24, 2.45) is 0 Å². The monoisotopic (exact) mass is 364 g/mol. The van der Waals surface area contributed by atoms with Crippen molar-refractivity contribution in [2.75, 3.05) is 6.54 Å². The number of thiazole rings is 1. The third kappa shape index (κ3) is 3.98. The lowest BCUT2D eigenvalue weighted by Crippen LogP contribution is -2.16. The first-order valence-electron chi connectivity index (χ1n) is 7.48. The van der Waals surface area contributed by atoms with Gasteiger partial charge < -0.3 is 5.32 Å². The summed E-state index contributed by atoms with van der Waals surface area (Å²) in [5.74, 6) is -0.546. The summed E-state index contributed by atoms with van der Waals surface area (Å²) in [5, 5.41) is 4.43. The van der Waals surface area contributed by atoms with Gasteiger partial charge in [0.2, 0.25) is 0 Å². The van der Waals surface area contributed by atoms with Gasteiger partial charge in [-0.3, -0.25) is 0 Å².